The Morgan fingerprint density at radius 3 is 2.47 bits per heavy atom. The Labute approximate surface area is 208 Å². The first-order valence-corrected chi connectivity index (χ1v) is 13.5. The number of likely N-dealkylation sites (tertiary alicyclic amines) is 1. The molecule has 12 heteroatoms. The highest BCUT2D eigenvalue weighted by Crippen LogP contribution is 2.35. The first-order chi connectivity index (χ1) is 17.0. The van der Waals surface area contributed by atoms with Gasteiger partial charge < -0.3 is 19.5 Å². The number of nitrogens with one attached hydrogen (secondary N) is 1. The summed E-state index contributed by atoms with van der Waals surface area (Å²) < 4.78 is 47.1. The molecule has 1 aromatic carbocycles. The number of ether oxygens (including phenoxy) is 1. The molecule has 3 aromatic rings. The largest absolute Gasteiger partial charge is 0.444 e. The molecule has 2 aromatic heterocycles. The van der Waals surface area contributed by atoms with Crippen molar-refractivity contribution in [2.24, 2.45) is 0 Å². The van der Waals surface area contributed by atoms with Gasteiger partial charge in [0.2, 0.25) is 0 Å². The Morgan fingerprint density at radius 2 is 1.83 bits per heavy atom. The monoisotopic (exact) mass is 516 g/mol. The van der Waals surface area contributed by atoms with Gasteiger partial charge in [-0.3, -0.25) is 0 Å². The molecule has 0 bridgehead atoms. The van der Waals surface area contributed by atoms with Gasteiger partial charge in [-0.1, -0.05) is 0 Å². The third kappa shape index (κ3) is 4.86. The fourth-order valence-electron chi connectivity index (χ4n) is 4.34. The number of piperidine rings is 1. The molecule has 10 nitrogen and oxygen atoms in total. The number of hydrogen-bond acceptors (Lipinski definition) is 8. The van der Waals surface area contributed by atoms with E-state index in [1.54, 1.807) is 11.2 Å². The van der Waals surface area contributed by atoms with Crippen LogP contribution in [0.2, 0.25) is 0 Å². The van der Waals surface area contributed by atoms with E-state index in [1.165, 1.54) is 18.5 Å². The van der Waals surface area contributed by atoms with Gasteiger partial charge in [0.25, 0.3) is 0 Å². The quantitative estimate of drug-likeness (QED) is 0.535. The molecule has 1 aliphatic heterocycles. The van der Waals surface area contributed by atoms with Crippen LogP contribution >= 0.6 is 0 Å². The third-order valence-electron chi connectivity index (χ3n) is 6.35. The van der Waals surface area contributed by atoms with Gasteiger partial charge >= 0.3 is 6.09 Å². The van der Waals surface area contributed by atoms with Crippen LogP contribution in [0.1, 0.15) is 52.5 Å². The number of carbonyl (C=O) groups excluding carboxylic acids is 1. The molecule has 192 valence electrons. The van der Waals surface area contributed by atoms with E-state index in [0.29, 0.717) is 55.8 Å². The second-order valence-corrected chi connectivity index (χ2v) is 12.5. The van der Waals surface area contributed by atoms with Gasteiger partial charge in [0, 0.05) is 19.1 Å². The number of amides is 1. The lowest BCUT2D eigenvalue weighted by molar-refractivity contribution is 0.0189. The number of imidazole rings is 1. The van der Waals surface area contributed by atoms with Crippen molar-refractivity contribution in [2.45, 2.75) is 68.2 Å². The molecule has 2 fully saturated rings. The molecular formula is C24H29FN6O4S. The summed E-state index contributed by atoms with van der Waals surface area (Å²) in [7, 11) is -3.48. The Balaban J connectivity index is 1.32. The molecule has 0 spiro atoms. The van der Waals surface area contributed by atoms with E-state index in [2.05, 4.69) is 20.3 Å². The second kappa shape index (κ2) is 8.99. The number of sulfone groups is 1. The van der Waals surface area contributed by atoms with Crippen LogP contribution < -0.4 is 5.32 Å². The minimum absolute atomic E-state index is 0.0112. The van der Waals surface area contributed by atoms with E-state index in [0.717, 1.165) is 6.07 Å². The van der Waals surface area contributed by atoms with Gasteiger partial charge in [-0.15, -0.1) is 0 Å². The predicted molar refractivity (Wildman–Crippen MR) is 131 cm³/mol. The highest BCUT2D eigenvalue weighted by atomic mass is 32.2. The van der Waals surface area contributed by atoms with Crippen molar-refractivity contribution >= 4 is 38.6 Å². The maximum Gasteiger partial charge on any atom is 0.410 e. The van der Waals surface area contributed by atoms with E-state index in [9.17, 15) is 17.6 Å². The number of carbonyl (C=O) groups is 1. The molecule has 5 rings (SSSR count). The van der Waals surface area contributed by atoms with Crippen LogP contribution in [-0.2, 0) is 14.6 Å². The number of hydrogen-bond donors (Lipinski definition) is 1. The lowest BCUT2D eigenvalue weighted by Gasteiger charge is -2.33. The topological polar surface area (TPSA) is 119 Å². The van der Waals surface area contributed by atoms with Crippen molar-refractivity contribution in [1.82, 2.24) is 24.4 Å². The SMILES string of the molecule is CC(C)(C)OC(=O)N1CCC(n2cnc3c(Nc4ccc(S(=O)(=O)C5CC5)cc4F)ncnc32)CC1. The van der Waals surface area contributed by atoms with Crippen molar-refractivity contribution in [1.29, 1.82) is 0 Å². The molecule has 3 heterocycles. The van der Waals surface area contributed by atoms with Gasteiger partial charge in [0.05, 0.1) is 22.2 Å². The van der Waals surface area contributed by atoms with Gasteiger partial charge in [0.1, 0.15) is 17.7 Å². The third-order valence-corrected chi connectivity index (χ3v) is 8.61. The van der Waals surface area contributed by atoms with E-state index in [1.807, 2.05) is 25.3 Å². The Bertz CT molecular complexity index is 1410. The standard InChI is InChI=1S/C24H29FN6O4S/c1-24(2,3)35-23(32)30-10-8-15(9-11-30)31-14-28-20-21(26-13-27-22(20)31)29-19-7-6-17(12-18(19)25)36(33,34)16-4-5-16/h6-7,12-16H,4-5,8-11H2,1-3H3,(H,26,27,29). The number of nitrogens with zero attached hydrogens (tertiary/aromatic N) is 5. The van der Waals surface area contributed by atoms with E-state index in [4.69, 9.17) is 4.74 Å². The van der Waals surface area contributed by atoms with Crippen LogP contribution in [-0.4, -0.2) is 62.9 Å². The highest BCUT2D eigenvalue weighted by molar-refractivity contribution is 7.92. The summed E-state index contributed by atoms with van der Waals surface area (Å²) >= 11 is 0. The van der Waals surface area contributed by atoms with Gasteiger partial charge in [-0.2, -0.15) is 0 Å². The zero-order valence-corrected chi connectivity index (χ0v) is 21.3. The fourth-order valence-corrected chi connectivity index (χ4v) is 6.00. The first-order valence-electron chi connectivity index (χ1n) is 12.0. The number of fused-ring (bicyclic) bond motifs is 1. The minimum Gasteiger partial charge on any atom is -0.444 e. The molecule has 0 atom stereocenters. The lowest BCUT2D eigenvalue weighted by Crippen LogP contribution is -2.42. The molecule has 36 heavy (non-hydrogen) atoms. The molecule has 2 aliphatic rings. The molecule has 1 aliphatic carbocycles. The summed E-state index contributed by atoms with van der Waals surface area (Å²) in [6.07, 6.45) is 5.40. The molecule has 1 saturated carbocycles. The minimum atomic E-state index is -3.48. The van der Waals surface area contributed by atoms with Crippen LogP contribution in [0, 0.1) is 5.82 Å². The van der Waals surface area contributed by atoms with Crippen LogP contribution in [0.4, 0.5) is 20.7 Å². The van der Waals surface area contributed by atoms with Crippen molar-refractivity contribution in [2.75, 3.05) is 18.4 Å². The first kappa shape index (κ1) is 24.4. The average molecular weight is 517 g/mol. The Morgan fingerprint density at radius 1 is 1.11 bits per heavy atom. The fraction of sp³-hybridized carbons (Fsp3) is 0.500. The summed E-state index contributed by atoms with van der Waals surface area (Å²) in [4.78, 5) is 27.1. The molecule has 0 radical (unpaired) electrons. The Kier molecular flexibility index (Phi) is 6.09. The normalized spacial score (nSPS) is 17.4. The molecule has 0 unspecified atom stereocenters. The molecule has 1 amide bonds. The van der Waals surface area contributed by atoms with Crippen LogP contribution in [0.15, 0.2) is 35.7 Å². The summed E-state index contributed by atoms with van der Waals surface area (Å²) in [5.41, 5.74) is 0.628. The van der Waals surface area contributed by atoms with Crippen LogP contribution in [0.25, 0.3) is 11.2 Å². The van der Waals surface area contributed by atoms with Crippen molar-refractivity contribution in [3.8, 4) is 0 Å². The van der Waals surface area contributed by atoms with Crippen LogP contribution in [0.3, 0.4) is 0 Å². The van der Waals surface area contributed by atoms with Gasteiger partial charge in [-0.25, -0.2) is 32.6 Å². The molecule has 1 saturated heterocycles. The van der Waals surface area contributed by atoms with Crippen molar-refractivity contribution in [3.05, 3.63) is 36.7 Å². The van der Waals surface area contributed by atoms with Crippen molar-refractivity contribution in [3.63, 3.8) is 0 Å². The highest BCUT2D eigenvalue weighted by Gasteiger charge is 2.37. The second-order valence-electron chi connectivity index (χ2n) is 10.3. The summed E-state index contributed by atoms with van der Waals surface area (Å²) in [6, 6.07) is 3.95. The van der Waals surface area contributed by atoms with Crippen LogP contribution in [0.5, 0.6) is 0 Å². The van der Waals surface area contributed by atoms with E-state index >= 15 is 0 Å². The lowest BCUT2D eigenvalue weighted by atomic mass is 10.1. The van der Waals surface area contributed by atoms with E-state index < -0.39 is 26.5 Å². The number of anilines is 2. The number of benzene rings is 1. The smallest absolute Gasteiger partial charge is 0.410 e. The van der Waals surface area contributed by atoms with Gasteiger partial charge in [0.15, 0.2) is 26.8 Å². The van der Waals surface area contributed by atoms with Crippen molar-refractivity contribution < 1.29 is 22.3 Å². The predicted octanol–water partition coefficient (Wildman–Crippen LogP) is 4.22. The maximum atomic E-state index is 14.8. The Hall–Kier alpha value is -3.28. The number of halogens is 1. The summed E-state index contributed by atoms with van der Waals surface area (Å²) in [5, 5.41) is 2.53. The van der Waals surface area contributed by atoms with Gasteiger partial charge in [-0.05, 0) is 64.7 Å². The zero-order chi connectivity index (χ0) is 25.7. The molecule has 1 N–H and O–H groups in total. The molecular weight excluding hydrogens is 487 g/mol. The average Bonchev–Trinajstić information content (AvgIpc) is 3.60. The zero-order valence-electron chi connectivity index (χ0n) is 20.4. The summed E-state index contributed by atoms with van der Waals surface area (Å²) in [5.74, 6) is -0.362. The number of rotatable bonds is 5. The number of aromatic nitrogens is 4. The van der Waals surface area contributed by atoms with E-state index in [-0.39, 0.29) is 22.7 Å². The maximum absolute atomic E-state index is 14.8. The summed E-state index contributed by atoms with van der Waals surface area (Å²) in [6.45, 7) is 6.64.